The van der Waals surface area contributed by atoms with Crippen molar-refractivity contribution in [1.82, 2.24) is 0 Å². The van der Waals surface area contributed by atoms with Gasteiger partial charge < -0.3 is 0 Å². The van der Waals surface area contributed by atoms with E-state index in [2.05, 4.69) is 69.4 Å². The second kappa shape index (κ2) is 10.1. The number of allylic oxidation sites excluding steroid dienone is 8. The Morgan fingerprint density at radius 1 is 1.23 bits per heavy atom. The summed E-state index contributed by atoms with van der Waals surface area (Å²) in [5.41, 5.74) is 4.79. The van der Waals surface area contributed by atoms with Gasteiger partial charge in [0.2, 0.25) is 0 Å². The lowest BCUT2D eigenvalue weighted by Crippen LogP contribution is -2.01. The second-order valence-corrected chi connectivity index (χ2v) is 7.26. The second-order valence-electron chi connectivity index (χ2n) is 7.26. The summed E-state index contributed by atoms with van der Waals surface area (Å²) in [6.45, 7) is 8.20. The molecule has 0 aromatic heterocycles. The fourth-order valence-electron chi connectivity index (χ4n) is 3.42. The minimum absolute atomic E-state index is 0.127. The fraction of sp³-hybridized carbons (Fsp3) is 0.400. The third-order valence-corrected chi connectivity index (χ3v) is 5.03. The van der Waals surface area contributed by atoms with E-state index in [1.54, 1.807) is 6.92 Å². The lowest BCUT2D eigenvalue weighted by atomic mass is 9.90. The Balaban J connectivity index is 2.03. The van der Waals surface area contributed by atoms with Crippen LogP contribution < -0.4 is 0 Å². The molecule has 0 saturated heterocycles. The van der Waals surface area contributed by atoms with Gasteiger partial charge in [-0.2, -0.15) is 0 Å². The van der Waals surface area contributed by atoms with Crippen molar-refractivity contribution < 1.29 is 4.79 Å². The summed E-state index contributed by atoms with van der Waals surface area (Å²) < 4.78 is 0. The molecule has 1 aromatic rings. The molecule has 2 atom stereocenters. The van der Waals surface area contributed by atoms with Crippen LogP contribution >= 0.6 is 0 Å². The summed E-state index contributed by atoms with van der Waals surface area (Å²) in [7, 11) is 0. The van der Waals surface area contributed by atoms with Gasteiger partial charge in [-0.05, 0) is 55.2 Å². The quantitative estimate of drug-likeness (QED) is 0.262. The van der Waals surface area contributed by atoms with Crippen LogP contribution in [-0.2, 0) is 0 Å². The molecule has 1 aromatic carbocycles. The first-order valence-corrected chi connectivity index (χ1v) is 9.89. The van der Waals surface area contributed by atoms with E-state index in [4.69, 9.17) is 0 Å². The van der Waals surface area contributed by atoms with Gasteiger partial charge >= 0.3 is 0 Å². The van der Waals surface area contributed by atoms with Crippen molar-refractivity contribution in [2.24, 2.45) is 5.92 Å². The van der Waals surface area contributed by atoms with Crippen LogP contribution in [-0.4, -0.2) is 5.78 Å². The molecule has 1 aliphatic rings. The first kappa shape index (κ1) is 20.2. The maximum Gasteiger partial charge on any atom is 0.159 e. The van der Waals surface area contributed by atoms with Crippen molar-refractivity contribution in [2.75, 3.05) is 0 Å². The largest absolute Gasteiger partial charge is 0.295 e. The average Bonchev–Trinajstić information content (AvgIpc) is 3.09. The first-order valence-electron chi connectivity index (χ1n) is 9.89. The van der Waals surface area contributed by atoms with Gasteiger partial charge in [0.25, 0.3) is 0 Å². The van der Waals surface area contributed by atoms with E-state index in [9.17, 15) is 4.79 Å². The van der Waals surface area contributed by atoms with Gasteiger partial charge in [-0.3, -0.25) is 4.79 Å². The van der Waals surface area contributed by atoms with Crippen LogP contribution in [0.5, 0.6) is 0 Å². The molecule has 0 saturated carbocycles. The Hall–Kier alpha value is -2.15. The Labute approximate surface area is 159 Å². The number of hydrogen-bond donors (Lipinski definition) is 0. The predicted octanol–water partition coefficient (Wildman–Crippen LogP) is 7.19. The number of ketones is 1. The molecule has 0 aliphatic heterocycles. The van der Waals surface area contributed by atoms with E-state index in [0.29, 0.717) is 11.8 Å². The van der Waals surface area contributed by atoms with Crippen molar-refractivity contribution >= 4 is 5.78 Å². The number of Topliss-reactive ketones (excluding diaryl/α,β-unsaturated/α-hetero) is 1. The fourth-order valence-corrected chi connectivity index (χ4v) is 3.42. The molecule has 1 aliphatic carbocycles. The summed E-state index contributed by atoms with van der Waals surface area (Å²) >= 11 is 0. The third-order valence-electron chi connectivity index (χ3n) is 5.03. The van der Waals surface area contributed by atoms with Crippen LogP contribution in [0.4, 0.5) is 0 Å². The molecule has 0 spiro atoms. The van der Waals surface area contributed by atoms with Crippen LogP contribution in [0.2, 0.25) is 0 Å². The van der Waals surface area contributed by atoms with Crippen LogP contribution in [0.25, 0.3) is 0 Å². The minimum atomic E-state index is 0.127. The van der Waals surface area contributed by atoms with Crippen molar-refractivity contribution in [3.63, 3.8) is 0 Å². The number of hydrogen-bond acceptors (Lipinski definition) is 1. The van der Waals surface area contributed by atoms with Crippen molar-refractivity contribution in [2.45, 2.75) is 59.3 Å². The highest BCUT2D eigenvalue weighted by Crippen LogP contribution is 2.31. The summed E-state index contributed by atoms with van der Waals surface area (Å²) in [6.07, 6.45) is 18.4. The number of carbonyl (C=O) groups is 1. The molecule has 0 amide bonds. The average molecular weight is 349 g/mol. The Morgan fingerprint density at radius 3 is 2.58 bits per heavy atom. The molecule has 0 heterocycles. The highest BCUT2D eigenvalue weighted by atomic mass is 16.1. The monoisotopic (exact) mass is 348 g/mol. The predicted molar refractivity (Wildman–Crippen MR) is 113 cm³/mol. The number of benzene rings is 1. The highest BCUT2D eigenvalue weighted by molar-refractivity contribution is 5.94. The minimum Gasteiger partial charge on any atom is -0.295 e. The molecular weight excluding hydrogens is 316 g/mol. The Morgan fingerprint density at radius 2 is 1.96 bits per heavy atom. The van der Waals surface area contributed by atoms with Gasteiger partial charge in [-0.25, -0.2) is 0 Å². The van der Waals surface area contributed by atoms with Gasteiger partial charge in [0.05, 0.1) is 0 Å². The van der Waals surface area contributed by atoms with Crippen molar-refractivity contribution in [3.05, 3.63) is 83.0 Å². The number of carbonyl (C=O) groups excluding carboxylic acids is 1. The molecule has 0 bridgehead atoms. The molecule has 26 heavy (non-hydrogen) atoms. The van der Waals surface area contributed by atoms with Gasteiger partial charge in [-0.1, -0.05) is 87.4 Å². The summed E-state index contributed by atoms with van der Waals surface area (Å²) in [4.78, 5) is 11.4. The van der Waals surface area contributed by atoms with E-state index in [-0.39, 0.29) is 5.78 Å². The van der Waals surface area contributed by atoms with Gasteiger partial charge in [-0.15, -0.1) is 0 Å². The van der Waals surface area contributed by atoms with Gasteiger partial charge in [0, 0.05) is 5.56 Å². The van der Waals surface area contributed by atoms with Gasteiger partial charge in [0.15, 0.2) is 5.78 Å². The van der Waals surface area contributed by atoms with Crippen LogP contribution in [0.1, 0.15) is 75.2 Å². The molecule has 138 valence electrons. The molecule has 0 N–H and O–H groups in total. The number of unbranched alkanes of at least 4 members (excludes halogenated alkanes) is 2. The lowest BCUT2D eigenvalue weighted by Gasteiger charge is -2.15. The molecule has 1 nitrogen and oxygen atoms in total. The van der Waals surface area contributed by atoms with Crippen LogP contribution in [0, 0.1) is 5.92 Å². The smallest absolute Gasteiger partial charge is 0.159 e. The molecule has 1 heteroatoms. The third kappa shape index (κ3) is 5.69. The maximum atomic E-state index is 11.4. The molecular formula is C25H32O. The van der Waals surface area contributed by atoms with Crippen molar-refractivity contribution in [3.8, 4) is 0 Å². The summed E-state index contributed by atoms with van der Waals surface area (Å²) in [6, 6.07) is 8.09. The van der Waals surface area contributed by atoms with E-state index in [1.165, 1.54) is 29.6 Å². The zero-order valence-corrected chi connectivity index (χ0v) is 16.7. The lowest BCUT2D eigenvalue weighted by molar-refractivity contribution is 0.101. The van der Waals surface area contributed by atoms with Gasteiger partial charge in [0.1, 0.15) is 0 Å². The van der Waals surface area contributed by atoms with E-state index >= 15 is 0 Å². The van der Waals surface area contributed by atoms with Crippen molar-refractivity contribution in [1.29, 1.82) is 0 Å². The van der Waals surface area contributed by atoms with Crippen LogP contribution in [0.15, 0.2) is 71.9 Å². The van der Waals surface area contributed by atoms with Crippen LogP contribution in [0.3, 0.4) is 0 Å². The molecule has 2 unspecified atom stereocenters. The normalized spacial score (nSPS) is 18.4. The maximum absolute atomic E-state index is 11.4. The molecule has 2 rings (SSSR count). The molecule has 0 fully saturated rings. The van der Waals surface area contributed by atoms with E-state index < -0.39 is 0 Å². The molecule has 0 radical (unpaired) electrons. The Bertz CT molecular complexity index is 713. The highest BCUT2D eigenvalue weighted by Gasteiger charge is 2.16. The van der Waals surface area contributed by atoms with E-state index in [1.807, 2.05) is 12.1 Å². The first-order chi connectivity index (χ1) is 12.5. The zero-order chi connectivity index (χ0) is 18.9. The van der Waals surface area contributed by atoms with E-state index in [0.717, 1.165) is 18.4 Å². The topological polar surface area (TPSA) is 17.1 Å². The zero-order valence-electron chi connectivity index (χ0n) is 16.7. The summed E-state index contributed by atoms with van der Waals surface area (Å²) in [5.74, 6) is 1.07. The standard InChI is InChI=1S/C25H32O/c1-5-7-8-10-24(9-6-2)25-12-11-21(18-25)17-19(3)22-13-15-23(16-14-22)20(4)26/h6,9-16,18-19,21H,5,7-8,17H2,1-4H3/b9-6-,24-10+. The summed E-state index contributed by atoms with van der Waals surface area (Å²) in [5, 5.41) is 0. The SMILES string of the molecule is C/C=C\C(=C/CCCC)C1=CC(CC(C)c2ccc(C(C)=O)cc2)C=C1. The number of rotatable bonds is 9. The Kier molecular flexibility index (Phi) is 7.84.